The van der Waals surface area contributed by atoms with Crippen molar-refractivity contribution in [2.24, 2.45) is 0 Å². The standard InChI is InChI=1S/C34H63N6O5PS/c1-6-7-8-9-10-11-12-13-14-15-16-17-18-19-22-47-23-20-21-44-46(42,39-30(5)34(41)45-28(2)3)27-43-29(4)24-40-26-38-31-32(35)36-25-37-33(31)40/h25-26,28-30H,6-24,27H2,1-5H3,(H,39,42)(H2,35,36,37)/t29-,30+,46?/m1/s1. The molecule has 3 N–H and O–H groups in total. The molecule has 11 nitrogen and oxygen atoms in total. The predicted octanol–water partition coefficient (Wildman–Crippen LogP) is 8.52. The molecule has 0 fully saturated rings. The first-order valence-corrected chi connectivity index (χ1v) is 20.9. The molecule has 2 aromatic heterocycles. The van der Waals surface area contributed by atoms with Crippen molar-refractivity contribution in [3.05, 3.63) is 12.7 Å². The molecule has 0 aromatic carbocycles. The summed E-state index contributed by atoms with van der Waals surface area (Å²) in [6, 6.07) is -0.811. The number of nitrogens with two attached hydrogens (primary N) is 1. The number of imidazole rings is 1. The molecule has 0 bridgehead atoms. The van der Waals surface area contributed by atoms with Crippen LogP contribution < -0.4 is 10.8 Å². The Hall–Kier alpha value is -1.72. The number of thioether (sulfide) groups is 1. The number of ether oxygens (including phenoxy) is 2. The summed E-state index contributed by atoms with van der Waals surface area (Å²) in [5, 5.41) is 2.88. The van der Waals surface area contributed by atoms with Crippen LogP contribution in [0.2, 0.25) is 0 Å². The lowest BCUT2D eigenvalue weighted by molar-refractivity contribution is -0.149. The summed E-state index contributed by atoms with van der Waals surface area (Å²) >= 11 is 1.91. The number of fused-ring (bicyclic) bond motifs is 1. The second-order valence-electron chi connectivity index (χ2n) is 12.8. The molecule has 13 heteroatoms. The highest BCUT2D eigenvalue weighted by molar-refractivity contribution is 7.99. The van der Waals surface area contributed by atoms with Crippen molar-refractivity contribution in [3.8, 4) is 0 Å². The van der Waals surface area contributed by atoms with Gasteiger partial charge >= 0.3 is 5.97 Å². The van der Waals surface area contributed by atoms with E-state index >= 15 is 0 Å². The summed E-state index contributed by atoms with van der Waals surface area (Å²) < 4.78 is 32.8. The Morgan fingerprint density at radius 1 is 0.894 bits per heavy atom. The third kappa shape index (κ3) is 18.0. The maximum Gasteiger partial charge on any atom is 0.323 e. The number of anilines is 1. The zero-order valence-electron chi connectivity index (χ0n) is 29.8. The molecule has 0 spiro atoms. The van der Waals surface area contributed by atoms with Gasteiger partial charge in [0.25, 0.3) is 7.52 Å². The molecule has 0 radical (unpaired) electrons. The second-order valence-corrected chi connectivity index (χ2v) is 16.2. The Labute approximate surface area is 288 Å². The van der Waals surface area contributed by atoms with Crippen LogP contribution in [0.3, 0.4) is 0 Å². The molecule has 2 aromatic rings. The molecule has 1 unspecified atom stereocenters. The van der Waals surface area contributed by atoms with Gasteiger partial charge in [0.1, 0.15) is 24.2 Å². The van der Waals surface area contributed by atoms with Crippen LogP contribution in [0.5, 0.6) is 0 Å². The number of rotatable bonds is 29. The van der Waals surface area contributed by atoms with E-state index in [0.717, 1.165) is 17.9 Å². The van der Waals surface area contributed by atoms with E-state index in [9.17, 15) is 9.36 Å². The lowest BCUT2D eigenvalue weighted by atomic mass is 10.0. The number of unbranched alkanes of at least 4 members (excludes halogenated alkanes) is 13. The zero-order valence-corrected chi connectivity index (χ0v) is 31.5. The summed E-state index contributed by atoms with van der Waals surface area (Å²) in [6.45, 7) is 10.0. The first-order chi connectivity index (χ1) is 22.6. The van der Waals surface area contributed by atoms with Gasteiger partial charge in [-0.15, -0.1) is 0 Å². The van der Waals surface area contributed by atoms with E-state index in [0.29, 0.717) is 30.1 Å². The minimum atomic E-state index is -3.52. The van der Waals surface area contributed by atoms with E-state index in [1.807, 2.05) is 23.3 Å². The van der Waals surface area contributed by atoms with Crippen molar-refractivity contribution in [2.75, 3.05) is 30.2 Å². The molecule has 0 saturated carbocycles. The molecule has 0 saturated heterocycles. The number of nitrogens with one attached hydrogen (secondary N) is 1. The van der Waals surface area contributed by atoms with Gasteiger partial charge in [0.2, 0.25) is 0 Å². The molecular formula is C34H63N6O5PS. The molecule has 47 heavy (non-hydrogen) atoms. The number of carbonyl (C=O) groups is 1. The molecular weight excluding hydrogens is 635 g/mol. The number of nitrogen functional groups attached to an aromatic ring is 1. The fourth-order valence-corrected chi connectivity index (χ4v) is 7.98. The molecule has 0 aliphatic rings. The van der Waals surface area contributed by atoms with Gasteiger partial charge in [0.05, 0.1) is 31.7 Å². The maximum absolute atomic E-state index is 13.8. The Morgan fingerprint density at radius 3 is 2.11 bits per heavy atom. The molecule has 0 aliphatic carbocycles. The number of nitrogens with zero attached hydrogens (tertiary/aromatic N) is 4. The molecule has 2 heterocycles. The van der Waals surface area contributed by atoms with Crippen molar-refractivity contribution in [3.63, 3.8) is 0 Å². The van der Waals surface area contributed by atoms with Crippen LogP contribution in [0.25, 0.3) is 11.2 Å². The topological polar surface area (TPSA) is 143 Å². The van der Waals surface area contributed by atoms with E-state index in [1.165, 1.54) is 96.2 Å². The number of aromatic nitrogens is 4. The number of hydrogen-bond acceptors (Lipinski definition) is 10. The van der Waals surface area contributed by atoms with E-state index in [-0.39, 0.29) is 18.6 Å². The number of hydrogen-bond donors (Lipinski definition) is 2. The first-order valence-electron chi connectivity index (χ1n) is 18.0. The average Bonchev–Trinajstić information content (AvgIpc) is 3.44. The van der Waals surface area contributed by atoms with Gasteiger partial charge in [-0.25, -0.2) is 20.0 Å². The molecule has 270 valence electrons. The Kier molecular flexibility index (Phi) is 21.5. The average molecular weight is 699 g/mol. The van der Waals surface area contributed by atoms with E-state index < -0.39 is 19.5 Å². The third-order valence-corrected chi connectivity index (χ3v) is 10.9. The van der Waals surface area contributed by atoms with Gasteiger partial charge in [-0.3, -0.25) is 9.36 Å². The molecule has 0 aliphatic heterocycles. The minimum absolute atomic E-state index is 0.191. The van der Waals surface area contributed by atoms with Gasteiger partial charge in [0, 0.05) is 0 Å². The summed E-state index contributed by atoms with van der Waals surface area (Å²) in [6.07, 6.45) is 22.1. The van der Waals surface area contributed by atoms with Crippen LogP contribution in [0.1, 0.15) is 131 Å². The van der Waals surface area contributed by atoms with Gasteiger partial charge in [0.15, 0.2) is 11.5 Å². The smallest absolute Gasteiger partial charge is 0.323 e. The van der Waals surface area contributed by atoms with Crippen LogP contribution in [0, 0.1) is 0 Å². The zero-order chi connectivity index (χ0) is 34.3. The summed E-state index contributed by atoms with van der Waals surface area (Å²) in [5.41, 5.74) is 7.02. The largest absolute Gasteiger partial charge is 0.462 e. The molecule has 2 rings (SSSR count). The van der Waals surface area contributed by atoms with Gasteiger partial charge in [-0.2, -0.15) is 11.8 Å². The van der Waals surface area contributed by atoms with Gasteiger partial charge < -0.3 is 24.3 Å². The summed E-state index contributed by atoms with van der Waals surface area (Å²) in [5.74, 6) is 1.89. The highest BCUT2D eigenvalue weighted by atomic mass is 32.2. The predicted molar refractivity (Wildman–Crippen MR) is 195 cm³/mol. The monoisotopic (exact) mass is 698 g/mol. The lowest BCUT2D eigenvalue weighted by Gasteiger charge is -2.25. The van der Waals surface area contributed by atoms with E-state index in [2.05, 4.69) is 27.0 Å². The van der Waals surface area contributed by atoms with Crippen LogP contribution in [-0.2, 0) is 29.9 Å². The third-order valence-electron chi connectivity index (χ3n) is 7.88. The number of esters is 1. The Bertz CT molecular complexity index is 1170. The van der Waals surface area contributed by atoms with Crippen molar-refractivity contribution >= 4 is 42.2 Å². The van der Waals surface area contributed by atoms with Crippen molar-refractivity contribution in [1.29, 1.82) is 0 Å². The summed E-state index contributed by atoms with van der Waals surface area (Å²) in [7, 11) is -3.52. The first kappa shape index (κ1) is 41.5. The number of carbonyl (C=O) groups excluding carboxylic acids is 1. The quantitative estimate of drug-likeness (QED) is 0.0479. The van der Waals surface area contributed by atoms with Crippen molar-refractivity contribution in [1.82, 2.24) is 24.6 Å². The highest BCUT2D eigenvalue weighted by Gasteiger charge is 2.30. The van der Waals surface area contributed by atoms with Crippen molar-refractivity contribution < 1.29 is 23.4 Å². The Balaban J connectivity index is 1.64. The van der Waals surface area contributed by atoms with Gasteiger partial charge in [-0.05, 0) is 52.0 Å². The van der Waals surface area contributed by atoms with Crippen LogP contribution >= 0.6 is 19.3 Å². The fourth-order valence-electron chi connectivity index (χ4n) is 5.26. The maximum atomic E-state index is 13.8. The van der Waals surface area contributed by atoms with Crippen LogP contribution in [0.4, 0.5) is 5.82 Å². The Morgan fingerprint density at radius 2 is 1.49 bits per heavy atom. The minimum Gasteiger partial charge on any atom is -0.462 e. The highest BCUT2D eigenvalue weighted by Crippen LogP contribution is 2.43. The van der Waals surface area contributed by atoms with Crippen LogP contribution in [0.15, 0.2) is 12.7 Å². The second kappa shape index (κ2) is 24.4. The van der Waals surface area contributed by atoms with E-state index in [1.54, 1.807) is 27.1 Å². The van der Waals surface area contributed by atoms with Crippen molar-refractivity contribution in [2.45, 2.75) is 156 Å². The van der Waals surface area contributed by atoms with E-state index in [4.69, 9.17) is 19.7 Å². The lowest BCUT2D eigenvalue weighted by Crippen LogP contribution is -2.36. The SMILES string of the molecule is CCCCCCCCCCCCCCCCSCCCOP(=O)(CO[C@H](C)Cn1cnc2c(N)ncnc21)N[C@@H](C)C(=O)OC(C)C. The molecule has 3 atom stereocenters. The molecule has 0 amide bonds. The van der Waals surface area contributed by atoms with Gasteiger partial charge in [-0.1, -0.05) is 90.4 Å². The normalized spacial score (nSPS) is 14.4. The fraction of sp³-hybridized carbons (Fsp3) is 0.824. The van der Waals surface area contributed by atoms with Crippen LogP contribution in [-0.4, -0.2) is 68.2 Å². The summed E-state index contributed by atoms with van der Waals surface area (Å²) in [4.78, 5) is 25.0.